The number of aryl methyl sites for hydroxylation is 1. The summed E-state index contributed by atoms with van der Waals surface area (Å²) in [6, 6.07) is 18.5. The third kappa shape index (κ3) is 7.33. The standard InChI is InChI=1S/C31H39N5O3S/c1-4-7-13-27-33-29-28(36(27)22-23-14-16-25(17-15-23)24-11-9-8-10-12-24)26(18-21-40-29)34-39-31(38)35(20-6-3)30(37)32-19-5-2/h8-12,14-17H,4-7,13,18-22H2,1-3H3,(H,32,37). The molecule has 0 bridgehead atoms. The average molecular weight is 562 g/mol. The van der Waals surface area contributed by atoms with Gasteiger partial charge in [-0.2, -0.15) is 0 Å². The highest BCUT2D eigenvalue weighted by molar-refractivity contribution is 7.99. The highest BCUT2D eigenvalue weighted by Gasteiger charge is 2.28. The molecule has 2 aromatic carbocycles. The summed E-state index contributed by atoms with van der Waals surface area (Å²) < 4.78 is 2.22. The molecule has 0 unspecified atom stereocenters. The Balaban J connectivity index is 1.60. The number of carbonyl (C=O) groups excluding carboxylic acids is 2. The van der Waals surface area contributed by atoms with Gasteiger partial charge in [0, 0.05) is 38.2 Å². The molecule has 0 saturated carbocycles. The lowest BCUT2D eigenvalue weighted by molar-refractivity contribution is 0.112. The maximum Gasteiger partial charge on any atom is 0.444 e. The van der Waals surface area contributed by atoms with Crippen molar-refractivity contribution in [3.8, 4) is 11.1 Å². The zero-order chi connectivity index (χ0) is 28.3. The summed E-state index contributed by atoms with van der Waals surface area (Å²) in [6.07, 6.45) is 4.26. The molecular formula is C31H39N5O3S. The minimum Gasteiger partial charge on any atom is -0.338 e. The molecule has 212 valence electrons. The van der Waals surface area contributed by atoms with Crippen molar-refractivity contribution in [2.75, 3.05) is 18.8 Å². The Bertz CT molecular complexity index is 1300. The van der Waals surface area contributed by atoms with E-state index >= 15 is 0 Å². The normalized spacial score (nSPS) is 13.6. The fourth-order valence-electron chi connectivity index (χ4n) is 4.59. The Morgan fingerprint density at radius 3 is 2.48 bits per heavy atom. The SMILES string of the molecule is CCCCc1nc2c(n1Cc1ccc(-c3ccccc3)cc1)C(=NOC(=O)N(CCC)C(=O)NCCC)CCS2. The molecule has 3 aromatic rings. The van der Waals surface area contributed by atoms with Crippen LogP contribution in [0.5, 0.6) is 0 Å². The smallest absolute Gasteiger partial charge is 0.338 e. The zero-order valence-corrected chi connectivity index (χ0v) is 24.5. The Labute approximate surface area is 241 Å². The number of aromatic nitrogens is 2. The summed E-state index contributed by atoms with van der Waals surface area (Å²) in [5.74, 6) is 1.81. The zero-order valence-electron chi connectivity index (χ0n) is 23.7. The van der Waals surface area contributed by atoms with Crippen molar-refractivity contribution in [1.82, 2.24) is 19.8 Å². The summed E-state index contributed by atoms with van der Waals surface area (Å²) in [5, 5.41) is 7.97. The maximum atomic E-state index is 12.9. The molecule has 2 heterocycles. The van der Waals surface area contributed by atoms with Gasteiger partial charge < -0.3 is 9.88 Å². The number of fused-ring (bicyclic) bond motifs is 1. The van der Waals surface area contributed by atoms with Crippen LogP contribution in [0.2, 0.25) is 0 Å². The number of rotatable bonds is 11. The molecule has 0 fully saturated rings. The van der Waals surface area contributed by atoms with Gasteiger partial charge in [-0.15, -0.1) is 11.8 Å². The number of nitrogens with zero attached hydrogens (tertiary/aromatic N) is 4. The van der Waals surface area contributed by atoms with Crippen molar-refractivity contribution in [3.63, 3.8) is 0 Å². The average Bonchev–Trinajstić information content (AvgIpc) is 3.34. The summed E-state index contributed by atoms with van der Waals surface area (Å²) in [6.45, 7) is 7.45. The number of urea groups is 1. The number of hydrogen-bond donors (Lipinski definition) is 1. The molecule has 1 aromatic heterocycles. The van der Waals surface area contributed by atoms with Crippen LogP contribution in [0.1, 0.15) is 70.0 Å². The first-order valence-corrected chi connectivity index (χ1v) is 15.2. The van der Waals surface area contributed by atoms with Crippen LogP contribution in [0.15, 0.2) is 64.8 Å². The second kappa shape index (κ2) is 14.7. The van der Waals surface area contributed by atoms with Gasteiger partial charge >= 0.3 is 12.1 Å². The van der Waals surface area contributed by atoms with Crippen molar-refractivity contribution in [2.24, 2.45) is 5.16 Å². The lowest BCUT2D eigenvalue weighted by Gasteiger charge is -2.20. The fourth-order valence-corrected chi connectivity index (χ4v) is 5.61. The van der Waals surface area contributed by atoms with Crippen LogP contribution < -0.4 is 5.32 Å². The second-order valence-corrected chi connectivity index (χ2v) is 10.9. The van der Waals surface area contributed by atoms with Crippen LogP contribution in [0, 0.1) is 0 Å². The highest BCUT2D eigenvalue weighted by Crippen LogP contribution is 2.32. The lowest BCUT2D eigenvalue weighted by atomic mass is 10.0. The van der Waals surface area contributed by atoms with Gasteiger partial charge in [0.15, 0.2) is 0 Å². The summed E-state index contributed by atoms with van der Waals surface area (Å²) in [7, 11) is 0. The molecule has 8 nitrogen and oxygen atoms in total. The maximum absolute atomic E-state index is 12.9. The largest absolute Gasteiger partial charge is 0.444 e. The van der Waals surface area contributed by atoms with Crippen LogP contribution in [0.3, 0.4) is 0 Å². The number of imidazole rings is 1. The van der Waals surface area contributed by atoms with Crippen LogP contribution >= 0.6 is 11.8 Å². The van der Waals surface area contributed by atoms with E-state index in [-0.39, 0.29) is 6.54 Å². The number of carbonyl (C=O) groups is 2. The molecule has 1 N–H and O–H groups in total. The monoisotopic (exact) mass is 561 g/mol. The Hall–Kier alpha value is -3.59. The van der Waals surface area contributed by atoms with Gasteiger partial charge in [0.25, 0.3) is 0 Å². The van der Waals surface area contributed by atoms with E-state index in [0.717, 1.165) is 58.4 Å². The van der Waals surface area contributed by atoms with Gasteiger partial charge in [-0.25, -0.2) is 19.5 Å². The van der Waals surface area contributed by atoms with Crippen molar-refractivity contribution >= 4 is 29.6 Å². The fraction of sp³-hybridized carbons (Fsp3) is 0.419. The number of unbranched alkanes of at least 4 members (excludes halogenated alkanes) is 1. The lowest BCUT2D eigenvalue weighted by Crippen LogP contribution is -2.44. The van der Waals surface area contributed by atoms with E-state index in [9.17, 15) is 9.59 Å². The Morgan fingerprint density at radius 2 is 1.77 bits per heavy atom. The molecule has 40 heavy (non-hydrogen) atoms. The van der Waals surface area contributed by atoms with Crippen LogP contribution in [0.25, 0.3) is 11.1 Å². The van der Waals surface area contributed by atoms with Crippen molar-refractivity contribution < 1.29 is 14.4 Å². The third-order valence-corrected chi connectivity index (χ3v) is 7.66. The molecule has 4 rings (SSSR count). The number of benzene rings is 2. The predicted octanol–water partition coefficient (Wildman–Crippen LogP) is 7.11. The van der Waals surface area contributed by atoms with E-state index in [1.165, 1.54) is 11.1 Å². The summed E-state index contributed by atoms with van der Waals surface area (Å²) >= 11 is 1.71. The Morgan fingerprint density at radius 1 is 1.02 bits per heavy atom. The first-order valence-electron chi connectivity index (χ1n) is 14.3. The molecule has 3 amide bonds. The van der Waals surface area contributed by atoms with Crippen LogP contribution in [0.4, 0.5) is 9.59 Å². The van der Waals surface area contributed by atoms with Gasteiger partial charge in [0.2, 0.25) is 0 Å². The van der Waals surface area contributed by atoms with Crippen molar-refractivity contribution in [1.29, 1.82) is 0 Å². The van der Waals surface area contributed by atoms with Crippen LogP contribution in [-0.2, 0) is 17.8 Å². The van der Waals surface area contributed by atoms with Crippen molar-refractivity contribution in [2.45, 2.75) is 70.9 Å². The summed E-state index contributed by atoms with van der Waals surface area (Å²) in [4.78, 5) is 36.8. The first kappa shape index (κ1) is 29.4. The second-order valence-electron chi connectivity index (χ2n) is 9.81. The Kier molecular flexibility index (Phi) is 10.8. The quantitative estimate of drug-likeness (QED) is 0.199. The number of oxime groups is 1. The van der Waals surface area contributed by atoms with E-state index < -0.39 is 12.1 Å². The third-order valence-electron chi connectivity index (χ3n) is 6.69. The minimum atomic E-state index is -0.767. The molecule has 1 aliphatic heterocycles. The number of hydrogen-bond acceptors (Lipinski definition) is 6. The van der Waals surface area contributed by atoms with E-state index in [1.807, 2.05) is 32.0 Å². The van der Waals surface area contributed by atoms with Gasteiger partial charge in [-0.1, -0.05) is 86.9 Å². The van der Waals surface area contributed by atoms with E-state index in [2.05, 4.69) is 58.4 Å². The minimum absolute atomic E-state index is 0.262. The topological polar surface area (TPSA) is 88.8 Å². The molecular weight excluding hydrogens is 522 g/mol. The molecule has 0 aliphatic carbocycles. The van der Waals surface area contributed by atoms with E-state index in [0.29, 0.717) is 31.6 Å². The molecule has 9 heteroatoms. The van der Waals surface area contributed by atoms with Crippen LogP contribution in [-0.4, -0.2) is 51.1 Å². The van der Waals surface area contributed by atoms with Crippen molar-refractivity contribution in [3.05, 3.63) is 71.7 Å². The van der Waals surface area contributed by atoms with Gasteiger partial charge in [0.1, 0.15) is 22.3 Å². The number of nitrogens with one attached hydrogen (secondary N) is 1. The van der Waals surface area contributed by atoms with Gasteiger partial charge in [-0.3, -0.25) is 4.84 Å². The molecule has 0 saturated heterocycles. The number of thioether (sulfide) groups is 1. The highest BCUT2D eigenvalue weighted by atomic mass is 32.2. The molecule has 1 aliphatic rings. The predicted molar refractivity (Wildman–Crippen MR) is 161 cm³/mol. The van der Waals surface area contributed by atoms with E-state index in [4.69, 9.17) is 9.82 Å². The molecule has 0 atom stereocenters. The van der Waals surface area contributed by atoms with E-state index in [1.54, 1.807) is 11.8 Å². The molecule has 0 radical (unpaired) electrons. The van der Waals surface area contributed by atoms with Gasteiger partial charge in [-0.05, 0) is 36.0 Å². The number of amides is 3. The first-order chi connectivity index (χ1) is 19.5. The molecule has 0 spiro atoms. The number of imide groups is 1. The summed E-state index contributed by atoms with van der Waals surface area (Å²) in [5.41, 5.74) is 5.10. The van der Waals surface area contributed by atoms with Gasteiger partial charge in [0.05, 0.1) is 0 Å².